The summed E-state index contributed by atoms with van der Waals surface area (Å²) in [6.07, 6.45) is 6.54. The zero-order chi connectivity index (χ0) is 14.0. The van der Waals surface area contributed by atoms with E-state index in [1.807, 2.05) is 23.2 Å². The van der Waals surface area contributed by atoms with Crippen molar-refractivity contribution in [2.45, 2.75) is 13.0 Å². The van der Waals surface area contributed by atoms with E-state index in [2.05, 4.69) is 44.9 Å². The highest BCUT2D eigenvalue weighted by atomic mass is 127. The van der Waals surface area contributed by atoms with Crippen LogP contribution in [0.1, 0.15) is 5.56 Å². The molecule has 21 heavy (non-hydrogen) atoms. The van der Waals surface area contributed by atoms with Crippen molar-refractivity contribution >= 4 is 29.9 Å². The molecule has 114 valence electrons. The number of hydrogen-bond donors (Lipinski definition) is 2. The maximum atomic E-state index is 4.21. The maximum absolute atomic E-state index is 4.21. The Morgan fingerprint density at radius 3 is 2.62 bits per heavy atom. The molecule has 1 heterocycles. The molecule has 0 bridgehead atoms. The highest BCUT2D eigenvalue weighted by Crippen LogP contribution is 1.97. The predicted molar refractivity (Wildman–Crippen MR) is 97.2 cm³/mol. The van der Waals surface area contributed by atoms with Gasteiger partial charge < -0.3 is 15.2 Å². The molecule has 0 amide bonds. The second-order valence-electron chi connectivity index (χ2n) is 4.46. The Balaban J connectivity index is 0.00000220. The van der Waals surface area contributed by atoms with Gasteiger partial charge in [0.2, 0.25) is 0 Å². The Labute approximate surface area is 142 Å². The van der Waals surface area contributed by atoms with Gasteiger partial charge in [-0.3, -0.25) is 4.99 Å². The Bertz CT molecular complexity index is 510. The topological polar surface area (TPSA) is 54.2 Å². The van der Waals surface area contributed by atoms with Gasteiger partial charge in [-0.15, -0.1) is 24.0 Å². The quantitative estimate of drug-likeness (QED) is 0.443. The molecule has 2 N–H and O–H groups in total. The average molecular weight is 399 g/mol. The van der Waals surface area contributed by atoms with Crippen LogP contribution in [0.25, 0.3) is 0 Å². The molecule has 0 radical (unpaired) electrons. The van der Waals surface area contributed by atoms with Crippen molar-refractivity contribution in [3.63, 3.8) is 0 Å². The van der Waals surface area contributed by atoms with Crippen LogP contribution in [0.3, 0.4) is 0 Å². The summed E-state index contributed by atoms with van der Waals surface area (Å²) in [7, 11) is 1.79. The van der Waals surface area contributed by atoms with Crippen LogP contribution in [0.2, 0.25) is 0 Å². The third-order valence-electron chi connectivity index (χ3n) is 2.99. The Kier molecular flexibility index (Phi) is 8.49. The molecule has 6 heteroatoms. The van der Waals surface area contributed by atoms with Crippen molar-refractivity contribution in [1.29, 1.82) is 0 Å². The molecule has 0 atom stereocenters. The summed E-state index contributed by atoms with van der Waals surface area (Å²) in [4.78, 5) is 8.22. The number of benzene rings is 1. The van der Waals surface area contributed by atoms with Crippen LogP contribution in [0.4, 0.5) is 0 Å². The van der Waals surface area contributed by atoms with Gasteiger partial charge in [-0.05, 0) is 12.0 Å². The van der Waals surface area contributed by atoms with Gasteiger partial charge in [0.05, 0.1) is 6.33 Å². The minimum Gasteiger partial charge on any atom is -0.356 e. The van der Waals surface area contributed by atoms with Gasteiger partial charge in [-0.25, -0.2) is 4.98 Å². The summed E-state index contributed by atoms with van der Waals surface area (Å²) < 4.78 is 2.03. The van der Waals surface area contributed by atoms with Crippen molar-refractivity contribution < 1.29 is 0 Å². The van der Waals surface area contributed by atoms with Gasteiger partial charge in [0.15, 0.2) is 5.96 Å². The van der Waals surface area contributed by atoms with Crippen molar-refractivity contribution in [1.82, 2.24) is 20.2 Å². The molecule has 2 aromatic rings. The third-order valence-corrected chi connectivity index (χ3v) is 2.99. The minimum absolute atomic E-state index is 0. The lowest BCUT2D eigenvalue weighted by Crippen LogP contribution is -2.39. The molecule has 1 aromatic carbocycles. The first-order valence-electron chi connectivity index (χ1n) is 6.82. The molecule has 5 nitrogen and oxygen atoms in total. The number of nitrogens with one attached hydrogen (secondary N) is 2. The standard InChI is InChI=1S/C15H21N5.HI/c1-16-15(19-10-12-20-11-9-17-13-20)18-8-7-14-5-3-2-4-6-14;/h2-6,9,11,13H,7-8,10,12H2,1H3,(H2,16,18,19);1H. The number of halogens is 1. The lowest BCUT2D eigenvalue weighted by atomic mass is 10.1. The zero-order valence-corrected chi connectivity index (χ0v) is 14.5. The first-order valence-corrected chi connectivity index (χ1v) is 6.82. The lowest BCUT2D eigenvalue weighted by Gasteiger charge is -2.12. The predicted octanol–water partition coefficient (Wildman–Crippen LogP) is 1.91. The van der Waals surface area contributed by atoms with Crippen LogP contribution in [0, 0.1) is 0 Å². The van der Waals surface area contributed by atoms with E-state index >= 15 is 0 Å². The fourth-order valence-corrected chi connectivity index (χ4v) is 1.91. The molecule has 0 spiro atoms. The molecule has 0 fully saturated rings. The molecule has 0 aliphatic rings. The Morgan fingerprint density at radius 2 is 1.95 bits per heavy atom. The zero-order valence-electron chi connectivity index (χ0n) is 12.2. The molecule has 1 aromatic heterocycles. The van der Waals surface area contributed by atoms with E-state index in [1.165, 1.54) is 5.56 Å². The van der Waals surface area contributed by atoms with Crippen LogP contribution in [-0.2, 0) is 13.0 Å². The van der Waals surface area contributed by atoms with E-state index in [-0.39, 0.29) is 24.0 Å². The number of aromatic nitrogens is 2. The largest absolute Gasteiger partial charge is 0.356 e. The molecule has 0 saturated heterocycles. The first-order chi connectivity index (χ1) is 9.88. The third kappa shape index (κ3) is 6.61. The van der Waals surface area contributed by atoms with Crippen molar-refractivity contribution in [3.05, 3.63) is 54.6 Å². The van der Waals surface area contributed by atoms with Crippen LogP contribution < -0.4 is 10.6 Å². The summed E-state index contributed by atoms with van der Waals surface area (Å²) in [5, 5.41) is 6.60. The van der Waals surface area contributed by atoms with Gasteiger partial charge in [0.1, 0.15) is 0 Å². The number of aliphatic imine (C=N–C) groups is 1. The average Bonchev–Trinajstić information content (AvgIpc) is 3.00. The highest BCUT2D eigenvalue weighted by Gasteiger charge is 1.97. The van der Waals surface area contributed by atoms with E-state index in [9.17, 15) is 0 Å². The molecule has 0 unspecified atom stereocenters. The summed E-state index contributed by atoms with van der Waals surface area (Å²) in [5.74, 6) is 0.834. The lowest BCUT2D eigenvalue weighted by molar-refractivity contribution is 0.661. The van der Waals surface area contributed by atoms with Crippen molar-refractivity contribution in [2.24, 2.45) is 4.99 Å². The molecule has 0 aliphatic heterocycles. The van der Waals surface area contributed by atoms with Gasteiger partial charge in [0.25, 0.3) is 0 Å². The number of nitrogens with zero attached hydrogens (tertiary/aromatic N) is 3. The normalized spacial score (nSPS) is 10.8. The Morgan fingerprint density at radius 1 is 1.19 bits per heavy atom. The van der Waals surface area contributed by atoms with E-state index in [1.54, 1.807) is 13.2 Å². The second kappa shape index (κ2) is 10.2. The Hall–Kier alpha value is -1.57. The second-order valence-corrected chi connectivity index (χ2v) is 4.46. The van der Waals surface area contributed by atoms with Crippen LogP contribution >= 0.6 is 24.0 Å². The van der Waals surface area contributed by atoms with E-state index in [4.69, 9.17) is 0 Å². The van der Waals surface area contributed by atoms with E-state index in [0.29, 0.717) is 0 Å². The number of imidazole rings is 1. The SMILES string of the molecule is CN=C(NCCc1ccccc1)NCCn1ccnc1.I. The fourth-order valence-electron chi connectivity index (χ4n) is 1.91. The maximum Gasteiger partial charge on any atom is 0.191 e. The summed E-state index contributed by atoms with van der Waals surface area (Å²) >= 11 is 0. The number of hydrogen-bond acceptors (Lipinski definition) is 2. The van der Waals surface area contributed by atoms with E-state index in [0.717, 1.165) is 32.0 Å². The highest BCUT2D eigenvalue weighted by molar-refractivity contribution is 14.0. The number of rotatable bonds is 6. The monoisotopic (exact) mass is 399 g/mol. The van der Waals surface area contributed by atoms with Crippen molar-refractivity contribution in [3.8, 4) is 0 Å². The van der Waals surface area contributed by atoms with Gasteiger partial charge in [-0.2, -0.15) is 0 Å². The molecular formula is C15H22IN5. The fraction of sp³-hybridized carbons (Fsp3) is 0.333. The first kappa shape index (κ1) is 17.5. The molecule has 0 saturated carbocycles. The van der Waals surface area contributed by atoms with E-state index < -0.39 is 0 Å². The smallest absolute Gasteiger partial charge is 0.191 e. The summed E-state index contributed by atoms with van der Waals surface area (Å²) in [6.45, 7) is 2.56. The van der Waals surface area contributed by atoms with Crippen LogP contribution in [-0.4, -0.2) is 35.6 Å². The molecular weight excluding hydrogens is 377 g/mol. The molecule has 0 aliphatic carbocycles. The van der Waals surface area contributed by atoms with Crippen LogP contribution in [0.5, 0.6) is 0 Å². The number of guanidine groups is 1. The van der Waals surface area contributed by atoms with Crippen LogP contribution in [0.15, 0.2) is 54.0 Å². The summed E-state index contributed by atoms with van der Waals surface area (Å²) in [6, 6.07) is 10.4. The van der Waals surface area contributed by atoms with Gasteiger partial charge in [0, 0.05) is 39.1 Å². The van der Waals surface area contributed by atoms with Gasteiger partial charge in [-0.1, -0.05) is 30.3 Å². The summed E-state index contributed by atoms with van der Waals surface area (Å²) in [5.41, 5.74) is 1.33. The molecule has 2 rings (SSSR count). The van der Waals surface area contributed by atoms with Gasteiger partial charge >= 0.3 is 0 Å². The minimum atomic E-state index is 0. The van der Waals surface area contributed by atoms with Crippen molar-refractivity contribution in [2.75, 3.05) is 20.1 Å².